The van der Waals surface area contributed by atoms with Crippen molar-refractivity contribution in [3.05, 3.63) is 102 Å². The van der Waals surface area contributed by atoms with Crippen LogP contribution in [-0.2, 0) is 21.4 Å². The van der Waals surface area contributed by atoms with E-state index in [0.29, 0.717) is 23.1 Å². The minimum atomic E-state index is -4.04. The van der Waals surface area contributed by atoms with Gasteiger partial charge >= 0.3 is 0 Å². The third-order valence-electron chi connectivity index (χ3n) is 5.35. The van der Waals surface area contributed by atoms with Crippen molar-refractivity contribution in [2.45, 2.75) is 18.4 Å². The van der Waals surface area contributed by atoms with Gasteiger partial charge in [-0.3, -0.25) is 9.10 Å². The average Bonchev–Trinajstić information content (AvgIpc) is 3.42. The molecular weight excluding hydrogens is 500 g/mol. The van der Waals surface area contributed by atoms with Gasteiger partial charge in [0.05, 0.1) is 23.5 Å². The quantitative estimate of drug-likeness (QED) is 0.331. The van der Waals surface area contributed by atoms with Crippen molar-refractivity contribution in [3.63, 3.8) is 0 Å². The molecule has 3 aromatic carbocycles. The summed E-state index contributed by atoms with van der Waals surface area (Å²) in [5.74, 6) is 0.161. The number of sulfonamides is 1. The highest BCUT2D eigenvalue weighted by Gasteiger charge is 2.27. The summed E-state index contributed by atoms with van der Waals surface area (Å²) in [5.41, 5.74) is 2.16. The van der Waals surface area contributed by atoms with Crippen LogP contribution in [0.25, 0.3) is 5.69 Å². The van der Waals surface area contributed by atoms with Crippen LogP contribution in [0.4, 0.5) is 5.69 Å². The Kier molecular flexibility index (Phi) is 7.92. The highest BCUT2D eigenvalue weighted by atomic mass is 35.5. The van der Waals surface area contributed by atoms with Crippen LogP contribution >= 0.6 is 11.6 Å². The summed E-state index contributed by atoms with van der Waals surface area (Å²) in [5, 5.41) is 3.22. The lowest BCUT2D eigenvalue weighted by molar-refractivity contribution is -0.119. The predicted octanol–water partition coefficient (Wildman–Crippen LogP) is 4.44. The fourth-order valence-electron chi connectivity index (χ4n) is 3.51. The van der Waals surface area contributed by atoms with Gasteiger partial charge < -0.3 is 14.6 Å². The van der Waals surface area contributed by atoms with Crippen molar-refractivity contribution in [2.24, 2.45) is 0 Å². The molecule has 8 nitrogen and oxygen atoms in total. The Hall–Kier alpha value is -3.82. The van der Waals surface area contributed by atoms with Gasteiger partial charge in [-0.05, 0) is 73.2 Å². The first-order chi connectivity index (χ1) is 17.4. The van der Waals surface area contributed by atoms with Gasteiger partial charge in [0.15, 0.2) is 0 Å². The van der Waals surface area contributed by atoms with Gasteiger partial charge in [-0.2, -0.15) is 0 Å². The van der Waals surface area contributed by atoms with Crippen molar-refractivity contribution < 1.29 is 17.9 Å². The number of nitrogens with zero attached hydrogens (tertiary/aromatic N) is 3. The SMILES string of the molecule is CCOc1ccc(N(CC(=O)NCc2ccc(-n3ccnc3)cc2)S(=O)(=O)c2ccc(Cl)cc2)cc1. The van der Waals surface area contributed by atoms with Gasteiger partial charge in [-0.25, -0.2) is 13.4 Å². The van der Waals surface area contributed by atoms with E-state index in [4.69, 9.17) is 16.3 Å². The number of imidazole rings is 1. The fraction of sp³-hybridized carbons (Fsp3) is 0.154. The third kappa shape index (κ3) is 6.05. The van der Waals surface area contributed by atoms with Crippen LogP contribution in [0.1, 0.15) is 12.5 Å². The van der Waals surface area contributed by atoms with E-state index in [1.807, 2.05) is 42.0 Å². The Balaban J connectivity index is 1.51. The third-order valence-corrected chi connectivity index (χ3v) is 7.39. The van der Waals surface area contributed by atoms with Crippen LogP contribution in [0.3, 0.4) is 0 Å². The lowest BCUT2D eigenvalue weighted by Gasteiger charge is -2.24. The number of hydrogen-bond acceptors (Lipinski definition) is 5. The van der Waals surface area contributed by atoms with E-state index in [2.05, 4.69) is 10.3 Å². The lowest BCUT2D eigenvalue weighted by atomic mass is 10.2. The molecule has 1 heterocycles. The Labute approximate surface area is 215 Å². The number of nitrogens with one attached hydrogen (secondary N) is 1. The number of halogens is 1. The van der Waals surface area contributed by atoms with Crippen molar-refractivity contribution in [2.75, 3.05) is 17.5 Å². The molecule has 1 aromatic heterocycles. The number of benzene rings is 3. The standard InChI is InChI=1S/C26H25ClN4O4S/c1-2-35-24-11-9-23(10-12-24)31(36(33,34)25-13-5-21(27)6-14-25)18-26(32)29-17-20-3-7-22(8-4-20)30-16-15-28-19-30/h3-16,19H,2,17-18H2,1H3,(H,29,32). The summed E-state index contributed by atoms with van der Waals surface area (Å²) in [6, 6.07) is 20.0. The van der Waals surface area contributed by atoms with Gasteiger partial charge in [0.1, 0.15) is 12.3 Å². The van der Waals surface area contributed by atoms with Crippen LogP contribution < -0.4 is 14.4 Å². The van der Waals surface area contributed by atoms with Gasteiger partial charge in [-0.1, -0.05) is 23.7 Å². The van der Waals surface area contributed by atoms with Gasteiger partial charge in [0.2, 0.25) is 5.91 Å². The Morgan fingerprint density at radius 1 is 1.03 bits per heavy atom. The molecular formula is C26H25ClN4O4S. The number of aromatic nitrogens is 2. The zero-order valence-corrected chi connectivity index (χ0v) is 21.1. The average molecular weight is 525 g/mol. The second kappa shape index (κ2) is 11.3. The number of amides is 1. The minimum absolute atomic E-state index is 0.0312. The second-order valence-corrected chi connectivity index (χ2v) is 10.1. The molecule has 0 aliphatic rings. The molecule has 4 aromatic rings. The predicted molar refractivity (Wildman–Crippen MR) is 139 cm³/mol. The smallest absolute Gasteiger partial charge is 0.264 e. The number of anilines is 1. The van der Waals surface area contributed by atoms with Crippen LogP contribution in [-0.4, -0.2) is 37.0 Å². The Morgan fingerprint density at radius 3 is 2.33 bits per heavy atom. The molecule has 1 N–H and O–H groups in total. The maximum Gasteiger partial charge on any atom is 0.264 e. The summed E-state index contributed by atoms with van der Waals surface area (Å²) in [6.45, 7) is 2.20. The van der Waals surface area contributed by atoms with E-state index in [0.717, 1.165) is 15.6 Å². The molecule has 0 saturated heterocycles. The maximum absolute atomic E-state index is 13.5. The van der Waals surface area contributed by atoms with Gasteiger partial charge in [-0.15, -0.1) is 0 Å². The van der Waals surface area contributed by atoms with Crippen LogP contribution in [0, 0.1) is 0 Å². The summed E-state index contributed by atoms with van der Waals surface area (Å²) in [6.07, 6.45) is 5.24. The van der Waals surface area contributed by atoms with Crippen molar-refractivity contribution in [1.82, 2.24) is 14.9 Å². The summed E-state index contributed by atoms with van der Waals surface area (Å²) >= 11 is 5.94. The number of ether oxygens (including phenoxy) is 1. The summed E-state index contributed by atoms with van der Waals surface area (Å²) in [7, 11) is -4.04. The molecule has 0 spiro atoms. The number of carbonyl (C=O) groups excluding carboxylic acids is 1. The van der Waals surface area contributed by atoms with Gasteiger partial charge in [0.25, 0.3) is 10.0 Å². The monoisotopic (exact) mass is 524 g/mol. The van der Waals surface area contributed by atoms with E-state index >= 15 is 0 Å². The highest BCUT2D eigenvalue weighted by Crippen LogP contribution is 2.26. The van der Waals surface area contributed by atoms with E-state index < -0.39 is 22.5 Å². The van der Waals surface area contributed by atoms with Gasteiger partial charge in [0, 0.05) is 29.6 Å². The first-order valence-electron chi connectivity index (χ1n) is 11.2. The molecule has 4 rings (SSSR count). The van der Waals surface area contributed by atoms with E-state index in [1.165, 1.54) is 24.3 Å². The van der Waals surface area contributed by atoms with Crippen molar-refractivity contribution >= 4 is 33.2 Å². The van der Waals surface area contributed by atoms with Crippen LogP contribution in [0.2, 0.25) is 5.02 Å². The molecule has 0 aliphatic heterocycles. The molecule has 0 fully saturated rings. The number of rotatable bonds is 10. The molecule has 10 heteroatoms. The molecule has 1 amide bonds. The van der Waals surface area contributed by atoms with E-state index in [-0.39, 0.29) is 11.4 Å². The second-order valence-electron chi connectivity index (χ2n) is 7.81. The van der Waals surface area contributed by atoms with Crippen LogP contribution in [0.15, 0.2) is 96.4 Å². The van der Waals surface area contributed by atoms with E-state index in [9.17, 15) is 13.2 Å². The fourth-order valence-corrected chi connectivity index (χ4v) is 5.06. The van der Waals surface area contributed by atoms with Crippen molar-refractivity contribution in [1.29, 1.82) is 0 Å². The maximum atomic E-state index is 13.5. The zero-order valence-electron chi connectivity index (χ0n) is 19.5. The molecule has 0 saturated carbocycles. The van der Waals surface area contributed by atoms with Crippen molar-refractivity contribution in [3.8, 4) is 11.4 Å². The minimum Gasteiger partial charge on any atom is -0.494 e. The first kappa shape index (κ1) is 25.3. The number of carbonyl (C=O) groups is 1. The molecule has 0 unspecified atom stereocenters. The molecule has 0 aliphatic carbocycles. The lowest BCUT2D eigenvalue weighted by Crippen LogP contribution is -2.40. The Bertz CT molecular complexity index is 1390. The van der Waals surface area contributed by atoms with Crippen LogP contribution in [0.5, 0.6) is 5.75 Å². The molecule has 0 atom stereocenters. The van der Waals surface area contributed by atoms with E-state index in [1.54, 1.807) is 36.8 Å². The zero-order chi connectivity index (χ0) is 25.5. The topological polar surface area (TPSA) is 93.5 Å². The summed E-state index contributed by atoms with van der Waals surface area (Å²) in [4.78, 5) is 16.9. The largest absolute Gasteiger partial charge is 0.494 e. The molecule has 0 radical (unpaired) electrons. The highest BCUT2D eigenvalue weighted by molar-refractivity contribution is 7.92. The summed E-state index contributed by atoms with van der Waals surface area (Å²) < 4.78 is 35.4. The Morgan fingerprint density at radius 2 is 1.72 bits per heavy atom. The normalized spacial score (nSPS) is 11.2. The first-order valence-corrected chi connectivity index (χ1v) is 13.0. The molecule has 0 bridgehead atoms. The number of hydrogen-bond donors (Lipinski definition) is 1. The molecule has 186 valence electrons. The molecule has 36 heavy (non-hydrogen) atoms.